The number of rotatable bonds is 3. The lowest BCUT2D eigenvalue weighted by Gasteiger charge is -2.30. The lowest BCUT2D eigenvalue weighted by atomic mass is 9.88. The summed E-state index contributed by atoms with van der Waals surface area (Å²) in [6.07, 6.45) is 7.70. The highest BCUT2D eigenvalue weighted by molar-refractivity contribution is 6.33. The summed E-state index contributed by atoms with van der Waals surface area (Å²) >= 11 is 6.81. The standard InChI is InChI=1S/C31H32ClN3O/c1-20-9-13-35(14-10-20)30(36)22-5-6-26(28(32)17-22)23-15-24-19-33-11-8-25(24)27(16-23)21-7-12-34-29(18-21)31(2,3)4/h5-8,11-12,15-20H,9-10,13-14H2,1-4H3. The number of hydrogen-bond acceptors (Lipinski definition) is 3. The molecule has 0 saturated carbocycles. The van der Waals surface area contributed by atoms with Gasteiger partial charge in [-0.2, -0.15) is 0 Å². The molecule has 3 heterocycles. The van der Waals surface area contributed by atoms with Crippen molar-refractivity contribution in [1.82, 2.24) is 14.9 Å². The van der Waals surface area contributed by atoms with E-state index in [2.05, 4.69) is 68.0 Å². The Morgan fingerprint density at radius 2 is 1.72 bits per heavy atom. The summed E-state index contributed by atoms with van der Waals surface area (Å²) in [5, 5.41) is 2.74. The SMILES string of the molecule is CC1CCN(C(=O)c2ccc(-c3cc(-c4ccnc(C(C)(C)C)c4)c4ccncc4c3)c(Cl)c2)CC1. The molecule has 4 nitrogen and oxygen atoms in total. The minimum absolute atomic E-state index is 0.0525. The van der Waals surface area contributed by atoms with Gasteiger partial charge in [-0.1, -0.05) is 45.4 Å². The predicted molar refractivity (Wildman–Crippen MR) is 148 cm³/mol. The van der Waals surface area contributed by atoms with E-state index in [-0.39, 0.29) is 11.3 Å². The quantitative estimate of drug-likeness (QED) is 0.290. The molecule has 1 fully saturated rings. The second kappa shape index (κ2) is 9.67. The first-order valence-corrected chi connectivity index (χ1v) is 13.0. The van der Waals surface area contributed by atoms with Gasteiger partial charge in [-0.05, 0) is 83.3 Å². The molecule has 0 N–H and O–H groups in total. The van der Waals surface area contributed by atoms with Gasteiger partial charge < -0.3 is 4.90 Å². The van der Waals surface area contributed by atoms with Crippen LogP contribution in [0.15, 0.2) is 67.1 Å². The maximum atomic E-state index is 13.1. The molecule has 5 rings (SSSR count). The minimum Gasteiger partial charge on any atom is -0.339 e. The fourth-order valence-corrected chi connectivity index (χ4v) is 5.18. The van der Waals surface area contributed by atoms with E-state index in [9.17, 15) is 4.79 Å². The third kappa shape index (κ3) is 4.87. The predicted octanol–water partition coefficient (Wildman–Crippen LogP) is 7.79. The molecule has 4 aromatic rings. The Labute approximate surface area is 218 Å². The highest BCUT2D eigenvalue weighted by atomic mass is 35.5. The number of aromatic nitrogens is 2. The number of carbonyl (C=O) groups excluding carboxylic acids is 1. The second-order valence-electron chi connectivity index (χ2n) is 11.0. The average Bonchev–Trinajstić information content (AvgIpc) is 2.87. The Morgan fingerprint density at radius 1 is 0.944 bits per heavy atom. The summed E-state index contributed by atoms with van der Waals surface area (Å²) in [4.78, 5) is 24.0. The number of pyridine rings is 2. The maximum absolute atomic E-state index is 13.1. The maximum Gasteiger partial charge on any atom is 0.253 e. The zero-order valence-corrected chi connectivity index (χ0v) is 22.1. The minimum atomic E-state index is -0.0525. The van der Waals surface area contributed by atoms with Crippen molar-refractivity contribution in [3.05, 3.63) is 83.4 Å². The van der Waals surface area contributed by atoms with E-state index in [1.807, 2.05) is 41.7 Å². The van der Waals surface area contributed by atoms with E-state index in [1.54, 1.807) is 0 Å². The number of fused-ring (bicyclic) bond motifs is 1. The number of halogens is 1. The number of hydrogen-bond donors (Lipinski definition) is 0. The van der Waals surface area contributed by atoms with E-state index in [1.165, 1.54) is 0 Å². The molecular formula is C31H32ClN3O. The smallest absolute Gasteiger partial charge is 0.253 e. The normalized spacial score (nSPS) is 14.9. The highest BCUT2D eigenvalue weighted by Gasteiger charge is 2.22. The van der Waals surface area contributed by atoms with Crippen LogP contribution < -0.4 is 0 Å². The molecule has 0 unspecified atom stereocenters. The molecule has 1 aliphatic heterocycles. The van der Waals surface area contributed by atoms with Crippen LogP contribution in [-0.2, 0) is 5.41 Å². The molecule has 0 atom stereocenters. The van der Waals surface area contributed by atoms with Crippen LogP contribution in [0, 0.1) is 5.92 Å². The van der Waals surface area contributed by atoms with Crippen molar-refractivity contribution in [2.24, 2.45) is 5.92 Å². The zero-order valence-electron chi connectivity index (χ0n) is 21.4. The first-order valence-electron chi connectivity index (χ1n) is 12.6. The van der Waals surface area contributed by atoms with Crippen molar-refractivity contribution in [3.8, 4) is 22.3 Å². The molecule has 0 spiro atoms. The molecule has 0 aliphatic carbocycles. The van der Waals surface area contributed by atoms with Gasteiger partial charge in [0.2, 0.25) is 0 Å². The topological polar surface area (TPSA) is 46.1 Å². The molecular weight excluding hydrogens is 466 g/mol. The molecule has 36 heavy (non-hydrogen) atoms. The summed E-state index contributed by atoms with van der Waals surface area (Å²) < 4.78 is 0. The molecule has 184 valence electrons. The summed E-state index contributed by atoms with van der Waals surface area (Å²) in [6, 6.07) is 16.3. The van der Waals surface area contributed by atoms with Crippen LogP contribution >= 0.6 is 11.6 Å². The van der Waals surface area contributed by atoms with Gasteiger partial charge in [-0.25, -0.2) is 0 Å². The lowest BCUT2D eigenvalue weighted by molar-refractivity contribution is 0.0697. The Morgan fingerprint density at radius 3 is 2.44 bits per heavy atom. The third-order valence-electron chi connectivity index (χ3n) is 7.19. The van der Waals surface area contributed by atoms with Crippen molar-refractivity contribution in [2.45, 2.75) is 46.0 Å². The molecule has 5 heteroatoms. The molecule has 0 bridgehead atoms. The van der Waals surface area contributed by atoms with E-state index in [0.29, 0.717) is 16.5 Å². The Bertz CT molecular complexity index is 1430. The van der Waals surface area contributed by atoms with Crippen molar-refractivity contribution >= 4 is 28.3 Å². The molecule has 1 saturated heterocycles. The van der Waals surface area contributed by atoms with Crippen molar-refractivity contribution in [1.29, 1.82) is 0 Å². The molecule has 0 radical (unpaired) electrons. The Kier molecular flexibility index (Phi) is 6.57. The Balaban J connectivity index is 1.56. The van der Waals surface area contributed by atoms with Gasteiger partial charge in [0, 0.05) is 64.3 Å². The van der Waals surface area contributed by atoms with E-state index in [4.69, 9.17) is 11.6 Å². The number of benzene rings is 2. The van der Waals surface area contributed by atoms with Crippen molar-refractivity contribution < 1.29 is 4.79 Å². The van der Waals surface area contributed by atoms with E-state index < -0.39 is 0 Å². The van der Waals surface area contributed by atoms with Crippen LogP contribution in [0.5, 0.6) is 0 Å². The van der Waals surface area contributed by atoms with Gasteiger partial charge in [0.05, 0.1) is 0 Å². The molecule has 1 amide bonds. The largest absolute Gasteiger partial charge is 0.339 e. The summed E-state index contributed by atoms with van der Waals surface area (Å²) in [7, 11) is 0. The monoisotopic (exact) mass is 497 g/mol. The molecule has 1 aliphatic rings. The van der Waals surface area contributed by atoms with E-state index in [0.717, 1.165) is 64.7 Å². The second-order valence-corrected chi connectivity index (χ2v) is 11.4. The number of carbonyl (C=O) groups is 1. The van der Waals surface area contributed by atoms with Crippen LogP contribution in [0.1, 0.15) is 56.6 Å². The fourth-order valence-electron chi connectivity index (χ4n) is 4.89. The van der Waals surface area contributed by atoms with Gasteiger partial charge >= 0.3 is 0 Å². The third-order valence-corrected chi connectivity index (χ3v) is 7.50. The van der Waals surface area contributed by atoms with Gasteiger partial charge in [-0.15, -0.1) is 0 Å². The van der Waals surface area contributed by atoms with Crippen LogP contribution in [0.4, 0.5) is 0 Å². The first kappa shape index (κ1) is 24.5. The number of likely N-dealkylation sites (tertiary alicyclic amines) is 1. The summed E-state index contributed by atoms with van der Waals surface area (Å²) in [6.45, 7) is 10.4. The van der Waals surface area contributed by atoms with Gasteiger partial charge in [-0.3, -0.25) is 14.8 Å². The van der Waals surface area contributed by atoms with Crippen molar-refractivity contribution in [2.75, 3.05) is 13.1 Å². The summed E-state index contributed by atoms with van der Waals surface area (Å²) in [5.74, 6) is 0.738. The first-order chi connectivity index (χ1) is 17.2. The van der Waals surface area contributed by atoms with Crippen LogP contribution in [-0.4, -0.2) is 33.9 Å². The highest BCUT2D eigenvalue weighted by Crippen LogP contribution is 2.37. The Hall–Kier alpha value is -3.24. The van der Waals surface area contributed by atoms with Crippen LogP contribution in [0.2, 0.25) is 5.02 Å². The van der Waals surface area contributed by atoms with Gasteiger partial charge in [0.1, 0.15) is 0 Å². The average molecular weight is 498 g/mol. The van der Waals surface area contributed by atoms with Gasteiger partial charge in [0.25, 0.3) is 5.91 Å². The zero-order chi connectivity index (χ0) is 25.4. The lowest BCUT2D eigenvalue weighted by Crippen LogP contribution is -2.37. The van der Waals surface area contributed by atoms with Crippen LogP contribution in [0.25, 0.3) is 33.0 Å². The van der Waals surface area contributed by atoms with E-state index >= 15 is 0 Å². The fraction of sp³-hybridized carbons (Fsp3) is 0.323. The van der Waals surface area contributed by atoms with Crippen molar-refractivity contribution in [3.63, 3.8) is 0 Å². The van der Waals surface area contributed by atoms with Gasteiger partial charge in [0.15, 0.2) is 0 Å². The van der Waals surface area contributed by atoms with Crippen LogP contribution in [0.3, 0.4) is 0 Å². The summed E-state index contributed by atoms with van der Waals surface area (Å²) in [5.41, 5.74) is 5.74. The number of nitrogens with zero attached hydrogens (tertiary/aromatic N) is 3. The number of amides is 1. The number of piperidine rings is 1. The molecule has 2 aromatic heterocycles. The molecule has 2 aromatic carbocycles.